The molecule has 170 valence electrons. The van der Waals surface area contributed by atoms with Gasteiger partial charge in [0.2, 0.25) is 11.8 Å². The van der Waals surface area contributed by atoms with Gasteiger partial charge in [0.15, 0.2) is 11.0 Å². The Morgan fingerprint density at radius 1 is 1.31 bits per heavy atom. The molecule has 0 fully saturated rings. The number of halogens is 4. The smallest absolute Gasteiger partial charge is 0.417 e. The van der Waals surface area contributed by atoms with Gasteiger partial charge in [-0.2, -0.15) is 13.2 Å². The lowest BCUT2D eigenvalue weighted by atomic mass is 10.3. The van der Waals surface area contributed by atoms with E-state index in [4.69, 9.17) is 21.8 Å². The van der Waals surface area contributed by atoms with Gasteiger partial charge in [0.25, 0.3) is 0 Å². The van der Waals surface area contributed by atoms with Gasteiger partial charge in [0, 0.05) is 19.0 Å². The molecule has 0 aliphatic carbocycles. The van der Waals surface area contributed by atoms with Crippen molar-refractivity contribution in [2.24, 2.45) is 5.73 Å². The van der Waals surface area contributed by atoms with Gasteiger partial charge in [-0.15, -0.1) is 10.2 Å². The van der Waals surface area contributed by atoms with E-state index in [9.17, 15) is 22.8 Å². The second kappa shape index (κ2) is 10.0. The summed E-state index contributed by atoms with van der Waals surface area (Å²) >= 11 is 6.84. The van der Waals surface area contributed by atoms with Crippen LogP contribution in [0.15, 0.2) is 40.2 Å². The third kappa shape index (κ3) is 6.23. The highest BCUT2D eigenvalue weighted by Crippen LogP contribution is 2.32. The fourth-order valence-corrected chi connectivity index (χ4v) is 3.52. The standard InChI is InChI=1S/C18H16ClF3N6O3S/c19-12-6-10(18(20,21)22)7-24-16(12)25-15(30)9-32-17-27-26-14(4-3-13(23)29)28(17)8-11-2-1-5-31-11/h1-2,5-7H,3-4,8-9H2,(H2,23,29)(H,24,25,30). The van der Waals surface area contributed by atoms with E-state index in [2.05, 4.69) is 20.5 Å². The molecule has 0 spiro atoms. The molecular weight excluding hydrogens is 473 g/mol. The molecule has 0 atom stereocenters. The number of pyridine rings is 1. The first-order valence-corrected chi connectivity index (χ1v) is 10.4. The summed E-state index contributed by atoms with van der Waals surface area (Å²) in [5.74, 6) is -0.301. The number of furan rings is 1. The lowest BCUT2D eigenvalue weighted by Crippen LogP contribution is -2.17. The van der Waals surface area contributed by atoms with Crippen molar-refractivity contribution in [3.63, 3.8) is 0 Å². The molecule has 3 N–H and O–H groups in total. The lowest BCUT2D eigenvalue weighted by molar-refractivity contribution is -0.137. The molecule has 0 saturated heterocycles. The van der Waals surface area contributed by atoms with Crippen LogP contribution in [0.2, 0.25) is 5.02 Å². The number of hydrogen-bond donors (Lipinski definition) is 2. The Hall–Kier alpha value is -3.06. The molecule has 3 rings (SSSR count). The normalized spacial score (nSPS) is 11.5. The molecule has 0 aliphatic rings. The number of nitrogens with one attached hydrogen (secondary N) is 1. The van der Waals surface area contributed by atoms with E-state index in [1.54, 1.807) is 16.7 Å². The van der Waals surface area contributed by atoms with Crippen molar-refractivity contribution in [1.82, 2.24) is 19.7 Å². The highest BCUT2D eigenvalue weighted by Gasteiger charge is 2.31. The Morgan fingerprint density at radius 3 is 2.72 bits per heavy atom. The van der Waals surface area contributed by atoms with Crippen molar-refractivity contribution in [2.75, 3.05) is 11.1 Å². The monoisotopic (exact) mass is 488 g/mol. The van der Waals surface area contributed by atoms with E-state index in [1.807, 2.05) is 0 Å². The quantitative estimate of drug-likeness (QED) is 0.443. The first-order valence-electron chi connectivity index (χ1n) is 9.01. The van der Waals surface area contributed by atoms with Gasteiger partial charge < -0.3 is 15.5 Å². The third-order valence-electron chi connectivity index (χ3n) is 4.04. The molecule has 0 aromatic carbocycles. The second-order valence-electron chi connectivity index (χ2n) is 6.42. The largest absolute Gasteiger partial charge is 0.467 e. The van der Waals surface area contributed by atoms with Gasteiger partial charge in [0.1, 0.15) is 11.6 Å². The van der Waals surface area contributed by atoms with E-state index in [0.29, 0.717) is 29.0 Å². The minimum Gasteiger partial charge on any atom is -0.467 e. The van der Waals surface area contributed by atoms with Crippen LogP contribution in [0.4, 0.5) is 19.0 Å². The number of aryl methyl sites for hydroxylation is 1. The second-order valence-corrected chi connectivity index (χ2v) is 7.77. The van der Waals surface area contributed by atoms with E-state index in [0.717, 1.165) is 11.8 Å². The topological polar surface area (TPSA) is 129 Å². The number of anilines is 1. The molecule has 0 saturated carbocycles. The summed E-state index contributed by atoms with van der Waals surface area (Å²) in [6.07, 6.45) is -2.19. The third-order valence-corrected chi connectivity index (χ3v) is 5.30. The fourth-order valence-electron chi connectivity index (χ4n) is 2.55. The number of alkyl halides is 3. The van der Waals surface area contributed by atoms with Crippen molar-refractivity contribution in [2.45, 2.75) is 30.7 Å². The number of primary amides is 1. The number of nitrogens with two attached hydrogens (primary N) is 1. The Balaban J connectivity index is 1.68. The van der Waals surface area contributed by atoms with Crippen molar-refractivity contribution in [3.8, 4) is 0 Å². The maximum absolute atomic E-state index is 12.7. The van der Waals surface area contributed by atoms with Crippen LogP contribution < -0.4 is 11.1 Å². The summed E-state index contributed by atoms with van der Waals surface area (Å²) in [6.45, 7) is 0.268. The lowest BCUT2D eigenvalue weighted by Gasteiger charge is -2.10. The van der Waals surface area contributed by atoms with E-state index in [1.165, 1.54) is 6.26 Å². The zero-order valence-electron chi connectivity index (χ0n) is 16.2. The highest BCUT2D eigenvalue weighted by molar-refractivity contribution is 7.99. The molecule has 14 heteroatoms. The number of rotatable bonds is 9. The van der Waals surface area contributed by atoms with Crippen LogP contribution in [-0.4, -0.2) is 37.3 Å². The zero-order chi connectivity index (χ0) is 23.3. The average Bonchev–Trinajstić information content (AvgIpc) is 3.36. The molecular formula is C18H16ClF3N6O3S. The van der Waals surface area contributed by atoms with Crippen LogP contribution in [0, 0.1) is 0 Å². The van der Waals surface area contributed by atoms with Crippen LogP contribution in [0.25, 0.3) is 0 Å². The summed E-state index contributed by atoms with van der Waals surface area (Å²) in [6, 6.07) is 4.14. The van der Waals surface area contributed by atoms with Crippen molar-refractivity contribution >= 4 is 41.0 Å². The maximum atomic E-state index is 12.7. The summed E-state index contributed by atoms with van der Waals surface area (Å²) < 4.78 is 45.1. The Bertz CT molecular complexity index is 1100. The number of carbonyl (C=O) groups is 2. The van der Waals surface area contributed by atoms with Gasteiger partial charge >= 0.3 is 6.18 Å². The first-order chi connectivity index (χ1) is 15.1. The van der Waals surface area contributed by atoms with E-state index >= 15 is 0 Å². The van der Waals surface area contributed by atoms with Crippen molar-refractivity contribution in [3.05, 3.63) is 52.8 Å². The summed E-state index contributed by atoms with van der Waals surface area (Å²) in [7, 11) is 0. The summed E-state index contributed by atoms with van der Waals surface area (Å²) in [4.78, 5) is 27.0. The molecule has 0 bridgehead atoms. The first kappa shape index (κ1) is 23.6. The Kier molecular flexibility index (Phi) is 7.40. The van der Waals surface area contributed by atoms with Gasteiger partial charge in [-0.25, -0.2) is 4.98 Å². The Labute approximate surface area is 188 Å². The number of aromatic nitrogens is 4. The molecule has 0 unspecified atom stereocenters. The van der Waals surface area contributed by atoms with Gasteiger partial charge in [-0.05, 0) is 18.2 Å². The molecule has 2 amide bonds. The minimum atomic E-state index is -4.60. The summed E-state index contributed by atoms with van der Waals surface area (Å²) in [5.41, 5.74) is 4.17. The van der Waals surface area contributed by atoms with E-state index in [-0.39, 0.29) is 36.0 Å². The molecule has 9 nitrogen and oxygen atoms in total. The SMILES string of the molecule is NC(=O)CCc1nnc(SCC(=O)Nc2ncc(C(F)(F)F)cc2Cl)n1Cc1ccco1. The predicted molar refractivity (Wildman–Crippen MR) is 109 cm³/mol. The maximum Gasteiger partial charge on any atom is 0.417 e. The molecule has 3 heterocycles. The zero-order valence-corrected chi connectivity index (χ0v) is 17.8. The number of carbonyl (C=O) groups excluding carboxylic acids is 2. The molecule has 3 aromatic heterocycles. The van der Waals surface area contributed by atoms with Crippen LogP contribution in [0.3, 0.4) is 0 Å². The average molecular weight is 489 g/mol. The van der Waals surface area contributed by atoms with Gasteiger partial charge in [-0.3, -0.25) is 14.2 Å². The van der Waals surface area contributed by atoms with Crippen LogP contribution in [0.1, 0.15) is 23.6 Å². The summed E-state index contributed by atoms with van der Waals surface area (Å²) in [5, 5.41) is 10.5. The molecule has 0 aliphatic heterocycles. The number of amides is 2. The van der Waals surface area contributed by atoms with Crippen LogP contribution >= 0.6 is 23.4 Å². The Morgan fingerprint density at radius 2 is 2.09 bits per heavy atom. The predicted octanol–water partition coefficient (Wildman–Crippen LogP) is 3.14. The molecule has 3 aromatic rings. The van der Waals surface area contributed by atoms with Crippen LogP contribution in [-0.2, 0) is 28.7 Å². The number of hydrogen-bond acceptors (Lipinski definition) is 7. The van der Waals surface area contributed by atoms with Gasteiger partial charge in [-0.1, -0.05) is 23.4 Å². The number of thioether (sulfide) groups is 1. The van der Waals surface area contributed by atoms with Crippen LogP contribution in [0.5, 0.6) is 0 Å². The van der Waals surface area contributed by atoms with E-state index < -0.39 is 23.6 Å². The molecule has 32 heavy (non-hydrogen) atoms. The highest BCUT2D eigenvalue weighted by atomic mass is 35.5. The van der Waals surface area contributed by atoms with Gasteiger partial charge in [0.05, 0.1) is 29.1 Å². The van der Waals surface area contributed by atoms with Crippen molar-refractivity contribution < 1.29 is 27.2 Å². The minimum absolute atomic E-state index is 0.0690. The van der Waals surface area contributed by atoms with Crippen molar-refractivity contribution in [1.29, 1.82) is 0 Å². The number of nitrogens with zero attached hydrogens (tertiary/aromatic N) is 4. The fraction of sp³-hybridized carbons (Fsp3) is 0.278. The molecule has 0 radical (unpaired) electrons.